The van der Waals surface area contributed by atoms with Crippen LogP contribution in [0.1, 0.15) is 22.0 Å². The highest BCUT2D eigenvalue weighted by molar-refractivity contribution is 6.33. The van der Waals surface area contributed by atoms with Crippen molar-refractivity contribution in [2.24, 2.45) is 0 Å². The smallest absolute Gasteiger partial charge is 0.252 e. The van der Waals surface area contributed by atoms with Crippen molar-refractivity contribution in [2.75, 3.05) is 40.0 Å². The van der Waals surface area contributed by atoms with Gasteiger partial charge < -0.3 is 14.8 Å². The number of rotatable bonds is 6. The Balaban J connectivity index is 1.77. The van der Waals surface area contributed by atoms with Crippen LogP contribution in [-0.4, -0.2) is 50.8 Å². The minimum Gasteiger partial charge on any atom is -0.497 e. The number of carbonyl (C=O) groups excluding carboxylic acids is 1. The van der Waals surface area contributed by atoms with E-state index in [9.17, 15) is 13.6 Å². The van der Waals surface area contributed by atoms with E-state index in [2.05, 4.69) is 10.2 Å². The molecule has 28 heavy (non-hydrogen) atoms. The first kappa shape index (κ1) is 20.5. The van der Waals surface area contributed by atoms with E-state index in [0.29, 0.717) is 13.2 Å². The SMILES string of the molecule is COc1ccc(C(CNC(=O)c2cc(F)c(F)cc2Cl)N2CCOCC2)cc1. The van der Waals surface area contributed by atoms with Gasteiger partial charge in [0.1, 0.15) is 5.75 Å². The van der Waals surface area contributed by atoms with Crippen molar-refractivity contribution in [1.29, 1.82) is 0 Å². The van der Waals surface area contributed by atoms with Crippen LogP contribution in [0.25, 0.3) is 0 Å². The van der Waals surface area contributed by atoms with Gasteiger partial charge in [-0.2, -0.15) is 0 Å². The average molecular weight is 411 g/mol. The fourth-order valence-electron chi connectivity index (χ4n) is 3.15. The summed E-state index contributed by atoms with van der Waals surface area (Å²) in [7, 11) is 1.60. The lowest BCUT2D eigenvalue weighted by Gasteiger charge is -2.35. The first-order valence-corrected chi connectivity index (χ1v) is 9.26. The van der Waals surface area contributed by atoms with E-state index in [0.717, 1.165) is 36.5 Å². The van der Waals surface area contributed by atoms with Crippen LogP contribution < -0.4 is 10.1 Å². The molecule has 0 spiro atoms. The van der Waals surface area contributed by atoms with Gasteiger partial charge in [-0.15, -0.1) is 0 Å². The molecule has 1 heterocycles. The number of morpholine rings is 1. The van der Waals surface area contributed by atoms with E-state index >= 15 is 0 Å². The van der Waals surface area contributed by atoms with E-state index in [-0.39, 0.29) is 23.2 Å². The van der Waals surface area contributed by atoms with Crippen LogP contribution in [0.2, 0.25) is 5.02 Å². The Morgan fingerprint density at radius 1 is 1.21 bits per heavy atom. The molecule has 1 N–H and O–H groups in total. The van der Waals surface area contributed by atoms with Crippen molar-refractivity contribution in [3.8, 4) is 5.75 Å². The molecule has 0 aliphatic carbocycles. The van der Waals surface area contributed by atoms with Gasteiger partial charge in [0.15, 0.2) is 11.6 Å². The lowest BCUT2D eigenvalue weighted by molar-refractivity contribution is 0.0162. The second-order valence-corrected chi connectivity index (χ2v) is 6.80. The van der Waals surface area contributed by atoms with Crippen molar-refractivity contribution in [2.45, 2.75) is 6.04 Å². The molecule has 0 radical (unpaired) electrons. The van der Waals surface area contributed by atoms with Crippen LogP contribution >= 0.6 is 11.6 Å². The fourth-order valence-corrected chi connectivity index (χ4v) is 3.39. The van der Waals surface area contributed by atoms with Crippen LogP contribution in [-0.2, 0) is 4.74 Å². The summed E-state index contributed by atoms with van der Waals surface area (Å²) in [4.78, 5) is 14.7. The second kappa shape index (κ2) is 9.32. The highest BCUT2D eigenvalue weighted by Gasteiger charge is 2.24. The summed E-state index contributed by atoms with van der Waals surface area (Å²) in [6.45, 7) is 2.93. The zero-order chi connectivity index (χ0) is 20.1. The van der Waals surface area contributed by atoms with Crippen LogP contribution in [0, 0.1) is 11.6 Å². The quantitative estimate of drug-likeness (QED) is 0.741. The van der Waals surface area contributed by atoms with Gasteiger partial charge in [0.25, 0.3) is 5.91 Å². The van der Waals surface area contributed by atoms with Gasteiger partial charge in [-0.25, -0.2) is 8.78 Å². The van der Waals surface area contributed by atoms with Crippen LogP contribution in [0.4, 0.5) is 8.78 Å². The second-order valence-electron chi connectivity index (χ2n) is 6.39. The lowest BCUT2D eigenvalue weighted by Crippen LogP contribution is -2.43. The van der Waals surface area contributed by atoms with Crippen LogP contribution in [0.5, 0.6) is 5.75 Å². The summed E-state index contributed by atoms with van der Waals surface area (Å²) in [6.07, 6.45) is 0. The van der Waals surface area contributed by atoms with Gasteiger partial charge in [-0.1, -0.05) is 23.7 Å². The predicted octanol–water partition coefficient (Wildman–Crippen LogP) is 3.43. The van der Waals surface area contributed by atoms with Crippen molar-refractivity contribution in [3.05, 3.63) is 64.2 Å². The van der Waals surface area contributed by atoms with Crippen LogP contribution in [0.15, 0.2) is 36.4 Å². The van der Waals surface area contributed by atoms with Crippen molar-refractivity contribution < 1.29 is 23.0 Å². The first-order valence-electron chi connectivity index (χ1n) is 8.88. The third-order valence-electron chi connectivity index (χ3n) is 4.70. The fraction of sp³-hybridized carbons (Fsp3) is 0.350. The van der Waals surface area contributed by atoms with Crippen molar-refractivity contribution in [1.82, 2.24) is 10.2 Å². The summed E-state index contributed by atoms with van der Waals surface area (Å²) < 4.78 is 37.4. The maximum Gasteiger partial charge on any atom is 0.252 e. The number of ether oxygens (including phenoxy) is 2. The van der Waals surface area contributed by atoms with E-state index in [4.69, 9.17) is 21.1 Å². The third kappa shape index (κ3) is 4.79. The summed E-state index contributed by atoms with van der Waals surface area (Å²) >= 11 is 5.90. The maximum atomic E-state index is 13.5. The number of methoxy groups -OCH3 is 1. The molecule has 0 bridgehead atoms. The number of carbonyl (C=O) groups is 1. The Morgan fingerprint density at radius 2 is 1.86 bits per heavy atom. The predicted molar refractivity (Wildman–Crippen MR) is 102 cm³/mol. The Hall–Kier alpha value is -2.22. The molecule has 3 rings (SSSR count). The number of amides is 1. The molecule has 0 aromatic heterocycles. The first-order chi connectivity index (χ1) is 13.5. The molecule has 1 saturated heterocycles. The minimum absolute atomic E-state index is 0.101. The van der Waals surface area contributed by atoms with Gasteiger partial charge in [-0.3, -0.25) is 9.69 Å². The molecule has 2 aromatic carbocycles. The molecule has 1 aliphatic heterocycles. The molecule has 8 heteroatoms. The number of halogens is 3. The molecule has 1 atom stereocenters. The van der Waals surface area contributed by atoms with Gasteiger partial charge in [-0.05, 0) is 29.8 Å². The van der Waals surface area contributed by atoms with Crippen molar-refractivity contribution in [3.63, 3.8) is 0 Å². The van der Waals surface area contributed by atoms with E-state index in [1.807, 2.05) is 24.3 Å². The van der Waals surface area contributed by atoms with Crippen molar-refractivity contribution >= 4 is 17.5 Å². The van der Waals surface area contributed by atoms with Gasteiger partial charge in [0, 0.05) is 19.6 Å². The topological polar surface area (TPSA) is 50.8 Å². The van der Waals surface area contributed by atoms with E-state index in [1.54, 1.807) is 7.11 Å². The zero-order valence-electron chi connectivity index (χ0n) is 15.4. The number of nitrogens with one attached hydrogen (secondary N) is 1. The molecule has 150 valence electrons. The Labute approximate surface area is 167 Å². The highest BCUT2D eigenvalue weighted by Crippen LogP contribution is 2.25. The van der Waals surface area contributed by atoms with Gasteiger partial charge in [0.05, 0.1) is 37.0 Å². The standard InChI is InChI=1S/C20H21ClF2N2O3/c1-27-14-4-2-13(3-5-14)19(25-6-8-28-9-7-25)12-24-20(26)15-10-17(22)18(23)11-16(15)21/h2-5,10-11,19H,6-9,12H2,1H3,(H,24,26). The number of benzene rings is 2. The molecule has 1 aliphatic rings. The van der Waals surface area contributed by atoms with E-state index < -0.39 is 17.5 Å². The summed E-state index contributed by atoms with van der Waals surface area (Å²) in [5.74, 6) is -2.03. The third-order valence-corrected chi connectivity index (χ3v) is 5.01. The monoisotopic (exact) mass is 410 g/mol. The highest BCUT2D eigenvalue weighted by atomic mass is 35.5. The van der Waals surface area contributed by atoms with Gasteiger partial charge >= 0.3 is 0 Å². The Bertz CT molecular complexity index is 827. The largest absolute Gasteiger partial charge is 0.497 e. The molecule has 0 saturated carbocycles. The Morgan fingerprint density at radius 3 is 2.50 bits per heavy atom. The number of nitrogens with zero attached hydrogens (tertiary/aromatic N) is 1. The number of hydrogen-bond donors (Lipinski definition) is 1. The number of hydrogen-bond acceptors (Lipinski definition) is 4. The average Bonchev–Trinajstić information content (AvgIpc) is 2.72. The summed E-state index contributed by atoms with van der Waals surface area (Å²) in [6, 6.07) is 9.10. The van der Waals surface area contributed by atoms with Crippen LogP contribution in [0.3, 0.4) is 0 Å². The normalized spacial score (nSPS) is 15.9. The minimum atomic E-state index is -1.12. The molecule has 2 aromatic rings. The molecule has 5 nitrogen and oxygen atoms in total. The summed E-state index contributed by atoms with van der Waals surface area (Å²) in [5, 5.41) is 2.65. The molecular formula is C20H21ClF2N2O3. The van der Waals surface area contributed by atoms with E-state index in [1.165, 1.54) is 0 Å². The molecule has 1 amide bonds. The Kier molecular flexibility index (Phi) is 6.83. The lowest BCUT2D eigenvalue weighted by atomic mass is 10.0. The summed E-state index contributed by atoms with van der Waals surface area (Å²) in [5.41, 5.74) is 0.899. The maximum absolute atomic E-state index is 13.5. The molecule has 1 fully saturated rings. The van der Waals surface area contributed by atoms with Gasteiger partial charge in [0.2, 0.25) is 0 Å². The molecular weight excluding hydrogens is 390 g/mol. The molecule has 1 unspecified atom stereocenters. The zero-order valence-corrected chi connectivity index (χ0v) is 16.1.